The lowest BCUT2D eigenvalue weighted by atomic mass is 9.98. The van der Waals surface area contributed by atoms with Crippen molar-refractivity contribution < 1.29 is 4.79 Å². The molecular weight excluding hydrogens is 200 g/mol. The van der Waals surface area contributed by atoms with E-state index in [2.05, 4.69) is 25.2 Å². The molecule has 0 saturated heterocycles. The first-order valence-corrected chi connectivity index (χ1v) is 5.82. The summed E-state index contributed by atoms with van der Waals surface area (Å²) in [6, 6.07) is 6.16. The maximum Gasteiger partial charge on any atom is 0.246 e. The first-order valence-electron chi connectivity index (χ1n) is 5.82. The van der Waals surface area contributed by atoms with Crippen molar-refractivity contribution in [2.45, 2.75) is 26.7 Å². The van der Waals surface area contributed by atoms with Crippen LogP contribution in [0.4, 0.5) is 11.4 Å². The van der Waals surface area contributed by atoms with Crippen molar-refractivity contribution >= 4 is 17.3 Å². The van der Waals surface area contributed by atoms with E-state index in [-0.39, 0.29) is 5.91 Å². The Morgan fingerprint density at radius 1 is 1.44 bits per heavy atom. The highest BCUT2D eigenvalue weighted by molar-refractivity contribution is 6.03. The molecule has 0 radical (unpaired) electrons. The Hall–Kier alpha value is -1.51. The molecule has 0 atom stereocenters. The van der Waals surface area contributed by atoms with Crippen molar-refractivity contribution in [1.29, 1.82) is 0 Å². The number of fused-ring (bicyclic) bond motifs is 1. The minimum atomic E-state index is 0.149. The molecule has 1 aromatic rings. The van der Waals surface area contributed by atoms with Crippen LogP contribution in [-0.4, -0.2) is 19.0 Å². The lowest BCUT2D eigenvalue weighted by molar-refractivity contribution is -0.117. The zero-order chi connectivity index (χ0) is 11.7. The quantitative estimate of drug-likeness (QED) is 0.827. The molecule has 1 N–H and O–H groups in total. The fourth-order valence-corrected chi connectivity index (χ4v) is 2.20. The molecule has 1 amide bonds. The van der Waals surface area contributed by atoms with Gasteiger partial charge in [-0.2, -0.15) is 0 Å². The molecule has 0 aromatic heterocycles. The van der Waals surface area contributed by atoms with Gasteiger partial charge in [-0.15, -0.1) is 0 Å². The van der Waals surface area contributed by atoms with Crippen LogP contribution in [-0.2, 0) is 4.79 Å². The van der Waals surface area contributed by atoms with Gasteiger partial charge in [0, 0.05) is 6.54 Å². The van der Waals surface area contributed by atoms with Crippen LogP contribution in [0.25, 0.3) is 0 Å². The predicted octanol–water partition coefficient (Wildman–Crippen LogP) is 2.59. The Labute approximate surface area is 96.5 Å². The topological polar surface area (TPSA) is 32.3 Å². The monoisotopic (exact) mass is 218 g/mol. The molecular formula is C13H18N2O. The van der Waals surface area contributed by atoms with Crippen LogP contribution in [0.5, 0.6) is 0 Å². The van der Waals surface area contributed by atoms with Gasteiger partial charge in [0.25, 0.3) is 0 Å². The molecule has 86 valence electrons. The molecule has 1 aliphatic heterocycles. The van der Waals surface area contributed by atoms with Crippen molar-refractivity contribution in [3.63, 3.8) is 0 Å². The highest BCUT2D eigenvalue weighted by atomic mass is 16.2. The summed E-state index contributed by atoms with van der Waals surface area (Å²) in [6.45, 7) is 7.49. The number of anilines is 2. The number of nitrogens with one attached hydrogen (secondary N) is 1. The maximum absolute atomic E-state index is 11.7. The molecule has 0 spiro atoms. The number of hydrogen-bond acceptors (Lipinski definition) is 2. The van der Waals surface area contributed by atoms with E-state index in [1.807, 2.05) is 24.0 Å². The van der Waals surface area contributed by atoms with Gasteiger partial charge in [-0.05, 0) is 24.5 Å². The molecule has 0 saturated carbocycles. The molecule has 0 aliphatic carbocycles. The SMILES string of the molecule is CCN1C(=O)CNc2c(C(C)C)cccc21. The van der Waals surface area contributed by atoms with Crippen molar-refractivity contribution in [3.05, 3.63) is 23.8 Å². The normalized spacial score (nSPS) is 15.0. The average molecular weight is 218 g/mol. The highest BCUT2D eigenvalue weighted by Crippen LogP contribution is 2.35. The Morgan fingerprint density at radius 3 is 2.81 bits per heavy atom. The third kappa shape index (κ3) is 1.66. The Balaban J connectivity index is 2.52. The molecule has 1 heterocycles. The van der Waals surface area contributed by atoms with Crippen molar-refractivity contribution in [2.24, 2.45) is 0 Å². The second-order valence-electron chi connectivity index (χ2n) is 4.39. The standard InChI is InChI=1S/C13H18N2O/c1-4-15-11-7-5-6-10(9(2)3)13(11)14-8-12(15)16/h5-7,9,14H,4,8H2,1-3H3. The summed E-state index contributed by atoms with van der Waals surface area (Å²) < 4.78 is 0. The molecule has 16 heavy (non-hydrogen) atoms. The predicted molar refractivity (Wildman–Crippen MR) is 67.0 cm³/mol. The van der Waals surface area contributed by atoms with Crippen LogP contribution < -0.4 is 10.2 Å². The first-order chi connectivity index (χ1) is 7.65. The van der Waals surface area contributed by atoms with Crippen molar-refractivity contribution in [1.82, 2.24) is 0 Å². The largest absolute Gasteiger partial charge is 0.374 e. The second kappa shape index (κ2) is 4.16. The number of carbonyl (C=O) groups is 1. The zero-order valence-corrected chi connectivity index (χ0v) is 10.1. The average Bonchev–Trinajstić information content (AvgIpc) is 2.27. The summed E-state index contributed by atoms with van der Waals surface area (Å²) in [5.41, 5.74) is 3.42. The van der Waals surface area contributed by atoms with E-state index in [0.29, 0.717) is 12.5 Å². The van der Waals surface area contributed by atoms with E-state index in [1.165, 1.54) is 5.56 Å². The minimum Gasteiger partial charge on any atom is -0.374 e. The van der Waals surface area contributed by atoms with E-state index >= 15 is 0 Å². The van der Waals surface area contributed by atoms with Crippen molar-refractivity contribution in [3.8, 4) is 0 Å². The third-order valence-corrected chi connectivity index (χ3v) is 3.02. The summed E-state index contributed by atoms with van der Waals surface area (Å²) >= 11 is 0. The number of likely N-dealkylation sites (N-methyl/N-ethyl adjacent to an activating group) is 1. The lowest BCUT2D eigenvalue weighted by Gasteiger charge is -2.31. The number of rotatable bonds is 2. The van der Waals surface area contributed by atoms with Gasteiger partial charge in [0.1, 0.15) is 0 Å². The van der Waals surface area contributed by atoms with Crippen LogP contribution >= 0.6 is 0 Å². The third-order valence-electron chi connectivity index (χ3n) is 3.02. The highest BCUT2D eigenvalue weighted by Gasteiger charge is 2.24. The molecule has 3 heteroatoms. The maximum atomic E-state index is 11.7. The van der Waals surface area contributed by atoms with E-state index in [4.69, 9.17) is 0 Å². The number of para-hydroxylation sites is 1. The molecule has 0 fully saturated rings. The van der Waals surface area contributed by atoms with Gasteiger partial charge in [-0.3, -0.25) is 4.79 Å². The summed E-state index contributed by atoms with van der Waals surface area (Å²) in [6.07, 6.45) is 0. The van der Waals surface area contributed by atoms with Gasteiger partial charge in [-0.1, -0.05) is 26.0 Å². The van der Waals surface area contributed by atoms with Crippen LogP contribution in [0.15, 0.2) is 18.2 Å². The zero-order valence-electron chi connectivity index (χ0n) is 10.1. The van der Waals surface area contributed by atoms with Crippen LogP contribution in [0.2, 0.25) is 0 Å². The Kier molecular flexibility index (Phi) is 2.86. The number of benzene rings is 1. The van der Waals surface area contributed by atoms with Gasteiger partial charge in [0.05, 0.1) is 17.9 Å². The van der Waals surface area contributed by atoms with E-state index < -0.39 is 0 Å². The number of carbonyl (C=O) groups excluding carboxylic acids is 1. The van der Waals surface area contributed by atoms with Gasteiger partial charge in [-0.25, -0.2) is 0 Å². The van der Waals surface area contributed by atoms with E-state index in [1.54, 1.807) is 0 Å². The second-order valence-corrected chi connectivity index (χ2v) is 4.39. The molecule has 3 nitrogen and oxygen atoms in total. The Bertz CT molecular complexity index is 412. The van der Waals surface area contributed by atoms with Gasteiger partial charge in [0.15, 0.2) is 0 Å². The van der Waals surface area contributed by atoms with Crippen LogP contribution in [0.1, 0.15) is 32.3 Å². The van der Waals surface area contributed by atoms with E-state index in [9.17, 15) is 4.79 Å². The van der Waals surface area contributed by atoms with Crippen LogP contribution in [0.3, 0.4) is 0 Å². The summed E-state index contributed by atoms with van der Waals surface area (Å²) in [4.78, 5) is 13.6. The van der Waals surface area contributed by atoms with Crippen molar-refractivity contribution in [2.75, 3.05) is 23.3 Å². The lowest BCUT2D eigenvalue weighted by Crippen LogP contribution is -2.40. The van der Waals surface area contributed by atoms with Gasteiger partial charge < -0.3 is 10.2 Å². The smallest absolute Gasteiger partial charge is 0.246 e. The van der Waals surface area contributed by atoms with E-state index in [0.717, 1.165) is 17.9 Å². The molecule has 2 rings (SSSR count). The summed E-state index contributed by atoms with van der Waals surface area (Å²) in [5, 5.41) is 3.24. The molecule has 1 aromatic carbocycles. The molecule has 0 unspecified atom stereocenters. The molecule has 0 bridgehead atoms. The van der Waals surface area contributed by atoms with Gasteiger partial charge in [0.2, 0.25) is 5.91 Å². The number of hydrogen-bond donors (Lipinski definition) is 1. The number of nitrogens with zero attached hydrogens (tertiary/aromatic N) is 1. The summed E-state index contributed by atoms with van der Waals surface area (Å²) in [5.74, 6) is 0.616. The minimum absolute atomic E-state index is 0.149. The fourth-order valence-electron chi connectivity index (χ4n) is 2.20. The fraction of sp³-hybridized carbons (Fsp3) is 0.462. The number of amides is 1. The van der Waals surface area contributed by atoms with Crippen LogP contribution in [0, 0.1) is 0 Å². The van der Waals surface area contributed by atoms with Gasteiger partial charge >= 0.3 is 0 Å². The summed E-state index contributed by atoms with van der Waals surface area (Å²) in [7, 11) is 0. The molecule has 1 aliphatic rings. The Morgan fingerprint density at radius 2 is 2.19 bits per heavy atom. The first kappa shape index (κ1) is 11.0.